The average Bonchev–Trinajstić information content (AvgIpc) is 3.10. The molecule has 3 rings (SSSR count). The Bertz CT molecular complexity index is 1010. The highest BCUT2D eigenvalue weighted by molar-refractivity contribution is 7.89. The molecule has 1 saturated heterocycles. The summed E-state index contributed by atoms with van der Waals surface area (Å²) in [4.78, 5) is 14.0. The minimum Gasteiger partial charge on any atom is -0.338 e. The molecule has 29 heavy (non-hydrogen) atoms. The number of piperazine rings is 1. The molecule has 11 heteroatoms. The van der Waals surface area contributed by atoms with E-state index in [1.54, 1.807) is 25.1 Å². The van der Waals surface area contributed by atoms with Gasteiger partial charge in [-0.2, -0.15) is 22.6 Å². The van der Waals surface area contributed by atoms with Gasteiger partial charge in [0, 0.05) is 32.4 Å². The smallest absolute Gasteiger partial charge is 0.338 e. The third-order valence-electron chi connectivity index (χ3n) is 4.77. The molecular weight excluding hydrogens is 409 g/mol. The monoisotopic (exact) mass is 430 g/mol. The van der Waals surface area contributed by atoms with Crippen LogP contribution in [0.1, 0.15) is 16.8 Å². The number of hydrogen-bond donors (Lipinski definition) is 0. The number of amides is 1. The van der Waals surface area contributed by atoms with Crippen molar-refractivity contribution in [2.75, 3.05) is 26.2 Å². The van der Waals surface area contributed by atoms with Crippen molar-refractivity contribution in [2.24, 2.45) is 0 Å². The number of alkyl halides is 3. The van der Waals surface area contributed by atoms with Gasteiger partial charge in [-0.15, -0.1) is 0 Å². The van der Waals surface area contributed by atoms with Gasteiger partial charge in [0.2, 0.25) is 15.9 Å². The van der Waals surface area contributed by atoms with E-state index in [1.165, 1.54) is 9.21 Å². The highest BCUT2D eigenvalue weighted by Crippen LogP contribution is 2.27. The van der Waals surface area contributed by atoms with Gasteiger partial charge in [-0.25, -0.2) is 8.42 Å². The fourth-order valence-electron chi connectivity index (χ4n) is 3.25. The number of nitrogens with zero attached hydrogens (tertiary/aromatic N) is 4. The normalized spacial score (nSPS) is 16.2. The highest BCUT2D eigenvalue weighted by Gasteiger charge is 2.34. The van der Waals surface area contributed by atoms with E-state index in [9.17, 15) is 26.4 Å². The average molecular weight is 430 g/mol. The van der Waals surface area contributed by atoms with Gasteiger partial charge in [0.1, 0.15) is 6.54 Å². The predicted molar refractivity (Wildman–Crippen MR) is 98.5 cm³/mol. The maximum absolute atomic E-state index is 12.9. The molecule has 0 atom stereocenters. The second-order valence-corrected chi connectivity index (χ2v) is 8.86. The largest absolute Gasteiger partial charge is 0.435 e. The van der Waals surface area contributed by atoms with Crippen molar-refractivity contribution in [2.45, 2.75) is 31.5 Å². The Balaban J connectivity index is 1.62. The number of benzene rings is 1. The SMILES string of the molecule is Cc1ccc(S(=O)(=O)N2CCN(C(=O)Cn3ccc(C(F)(F)F)n3)CC2)c(C)c1. The van der Waals surface area contributed by atoms with Crippen molar-refractivity contribution in [3.63, 3.8) is 0 Å². The third-order valence-corrected chi connectivity index (χ3v) is 6.83. The Labute approximate surface area is 166 Å². The molecule has 0 radical (unpaired) electrons. The van der Waals surface area contributed by atoms with Crippen molar-refractivity contribution in [3.05, 3.63) is 47.3 Å². The molecule has 1 aliphatic rings. The van der Waals surface area contributed by atoms with Crippen LogP contribution in [0.3, 0.4) is 0 Å². The number of rotatable bonds is 4. The minimum atomic E-state index is -4.57. The molecule has 2 aromatic rings. The van der Waals surface area contributed by atoms with Crippen molar-refractivity contribution in [3.8, 4) is 0 Å². The Morgan fingerprint density at radius 3 is 2.31 bits per heavy atom. The van der Waals surface area contributed by atoms with Gasteiger partial charge < -0.3 is 4.90 Å². The zero-order valence-electron chi connectivity index (χ0n) is 16.0. The standard InChI is InChI=1S/C18H21F3N4O3S/c1-13-3-4-15(14(2)11-13)29(27,28)25-9-7-23(8-10-25)17(26)12-24-6-5-16(22-24)18(19,20)21/h3-6,11H,7-10,12H2,1-2H3. The van der Waals surface area contributed by atoms with Crippen LogP contribution in [0.15, 0.2) is 35.4 Å². The molecule has 1 aromatic carbocycles. The van der Waals surface area contributed by atoms with Crippen LogP contribution in [0.25, 0.3) is 0 Å². The Morgan fingerprint density at radius 2 is 1.76 bits per heavy atom. The van der Waals surface area contributed by atoms with Crippen LogP contribution in [-0.2, 0) is 27.5 Å². The molecule has 0 unspecified atom stereocenters. The lowest BCUT2D eigenvalue weighted by Gasteiger charge is -2.34. The molecule has 0 N–H and O–H groups in total. The summed E-state index contributed by atoms with van der Waals surface area (Å²) in [5, 5.41) is 3.36. The summed E-state index contributed by atoms with van der Waals surface area (Å²) in [5.74, 6) is -0.412. The fourth-order valence-corrected chi connectivity index (χ4v) is 4.87. The van der Waals surface area contributed by atoms with Crippen LogP contribution < -0.4 is 0 Å². The molecule has 7 nitrogen and oxygen atoms in total. The van der Waals surface area contributed by atoms with Crippen molar-refractivity contribution < 1.29 is 26.4 Å². The van der Waals surface area contributed by atoms with E-state index in [2.05, 4.69) is 5.10 Å². The first-order valence-corrected chi connectivity index (χ1v) is 10.4. The first-order chi connectivity index (χ1) is 13.5. The number of carbonyl (C=O) groups is 1. The van der Waals surface area contributed by atoms with E-state index in [0.29, 0.717) is 5.56 Å². The summed E-state index contributed by atoms with van der Waals surface area (Å²) >= 11 is 0. The van der Waals surface area contributed by atoms with Crippen LogP contribution in [0.2, 0.25) is 0 Å². The predicted octanol–water partition coefficient (Wildman–Crippen LogP) is 2.05. The Morgan fingerprint density at radius 1 is 1.10 bits per heavy atom. The molecular formula is C18H21F3N4O3S. The second-order valence-electron chi connectivity index (χ2n) is 6.95. The molecule has 1 amide bonds. The molecule has 0 aliphatic carbocycles. The first-order valence-electron chi connectivity index (χ1n) is 8.94. The number of sulfonamides is 1. The highest BCUT2D eigenvalue weighted by atomic mass is 32.2. The number of carbonyl (C=O) groups excluding carboxylic acids is 1. The molecule has 2 heterocycles. The molecule has 1 aliphatic heterocycles. The molecule has 0 saturated carbocycles. The van der Waals surface area contributed by atoms with Crippen molar-refractivity contribution >= 4 is 15.9 Å². The zero-order valence-corrected chi connectivity index (χ0v) is 16.8. The van der Waals surface area contributed by atoms with E-state index in [-0.39, 0.29) is 37.6 Å². The molecule has 1 aromatic heterocycles. The van der Waals surface area contributed by atoms with E-state index in [1.807, 2.05) is 6.92 Å². The van der Waals surface area contributed by atoms with Gasteiger partial charge in [0.25, 0.3) is 0 Å². The maximum Gasteiger partial charge on any atom is 0.435 e. The van der Waals surface area contributed by atoms with Crippen LogP contribution in [-0.4, -0.2) is 59.5 Å². The van der Waals surface area contributed by atoms with E-state index in [4.69, 9.17) is 0 Å². The molecule has 158 valence electrons. The Hall–Kier alpha value is -2.40. The quantitative estimate of drug-likeness (QED) is 0.744. The van der Waals surface area contributed by atoms with Crippen molar-refractivity contribution in [1.29, 1.82) is 0 Å². The lowest BCUT2D eigenvalue weighted by Crippen LogP contribution is -2.51. The van der Waals surface area contributed by atoms with Gasteiger partial charge >= 0.3 is 6.18 Å². The summed E-state index contributed by atoms with van der Waals surface area (Å²) in [6.45, 7) is 3.85. The number of halogens is 3. The summed E-state index contributed by atoms with van der Waals surface area (Å²) in [6.07, 6.45) is -3.47. The van der Waals surface area contributed by atoms with E-state index < -0.39 is 27.8 Å². The van der Waals surface area contributed by atoms with Gasteiger partial charge in [-0.05, 0) is 31.5 Å². The van der Waals surface area contributed by atoms with Crippen LogP contribution in [0.4, 0.5) is 13.2 Å². The van der Waals surface area contributed by atoms with Gasteiger partial charge in [-0.1, -0.05) is 17.7 Å². The van der Waals surface area contributed by atoms with E-state index >= 15 is 0 Å². The molecule has 1 fully saturated rings. The maximum atomic E-state index is 12.9. The Kier molecular flexibility index (Phi) is 5.72. The lowest BCUT2D eigenvalue weighted by molar-refractivity contribution is -0.142. The first kappa shape index (κ1) is 21.3. The van der Waals surface area contributed by atoms with Gasteiger partial charge in [0.15, 0.2) is 5.69 Å². The number of aromatic nitrogens is 2. The number of hydrogen-bond acceptors (Lipinski definition) is 4. The second kappa shape index (κ2) is 7.79. The minimum absolute atomic E-state index is 0.119. The molecule has 0 spiro atoms. The van der Waals surface area contributed by atoms with E-state index in [0.717, 1.165) is 22.5 Å². The van der Waals surface area contributed by atoms with Crippen LogP contribution in [0, 0.1) is 13.8 Å². The van der Waals surface area contributed by atoms with Crippen LogP contribution in [0.5, 0.6) is 0 Å². The fraction of sp³-hybridized carbons (Fsp3) is 0.444. The summed E-state index contributed by atoms with van der Waals surface area (Å²) < 4.78 is 65.8. The summed E-state index contributed by atoms with van der Waals surface area (Å²) in [6, 6.07) is 5.92. The topological polar surface area (TPSA) is 75.5 Å². The van der Waals surface area contributed by atoms with Crippen LogP contribution >= 0.6 is 0 Å². The lowest BCUT2D eigenvalue weighted by atomic mass is 10.2. The number of aryl methyl sites for hydroxylation is 2. The third kappa shape index (κ3) is 4.61. The molecule has 0 bridgehead atoms. The van der Waals surface area contributed by atoms with Gasteiger partial charge in [0.05, 0.1) is 4.90 Å². The summed E-state index contributed by atoms with van der Waals surface area (Å²) in [7, 11) is -3.68. The zero-order chi connectivity index (χ0) is 21.4. The summed E-state index contributed by atoms with van der Waals surface area (Å²) in [5.41, 5.74) is 0.557. The van der Waals surface area contributed by atoms with Gasteiger partial charge in [-0.3, -0.25) is 9.48 Å². The van der Waals surface area contributed by atoms with Crippen molar-refractivity contribution in [1.82, 2.24) is 19.0 Å².